The van der Waals surface area contributed by atoms with Crippen molar-refractivity contribution in [3.63, 3.8) is 0 Å². The van der Waals surface area contributed by atoms with Crippen molar-refractivity contribution in [1.29, 1.82) is 5.41 Å². The van der Waals surface area contributed by atoms with Crippen LogP contribution in [-0.2, 0) is 0 Å². The Balaban J connectivity index is 0.893. The summed E-state index contributed by atoms with van der Waals surface area (Å²) in [5, 5.41) is 12.0. The van der Waals surface area contributed by atoms with Crippen molar-refractivity contribution in [2.45, 2.75) is 167 Å². The summed E-state index contributed by atoms with van der Waals surface area (Å²) in [7, 11) is 0. The quantitative estimate of drug-likeness (QED) is 0.122. The van der Waals surface area contributed by atoms with Gasteiger partial charge in [0.25, 0.3) is 0 Å². The van der Waals surface area contributed by atoms with Crippen LogP contribution in [0.2, 0.25) is 0 Å². The molecule has 15 atom stereocenters. The third-order valence-electron chi connectivity index (χ3n) is 18.8. The Morgan fingerprint density at radius 1 is 0.576 bits per heavy atom. The van der Waals surface area contributed by atoms with Crippen LogP contribution in [0.1, 0.15) is 161 Å². The highest BCUT2D eigenvalue weighted by atomic mass is 15.0. The fraction of sp³-hybridized carbons (Fsp3) is 0.702. The molecule has 10 aliphatic rings. The van der Waals surface area contributed by atoms with Crippen LogP contribution in [0, 0.1) is 88.3 Å². The normalized spacial score (nSPS) is 42.8. The highest BCUT2D eigenvalue weighted by Gasteiger charge is 2.47. The molecule has 10 aliphatic carbocycles. The van der Waals surface area contributed by atoms with Crippen LogP contribution < -0.4 is 5.32 Å². The first-order valence-corrected chi connectivity index (χ1v) is 26.0. The zero-order valence-electron chi connectivity index (χ0n) is 36.8. The highest BCUT2D eigenvalue weighted by molar-refractivity contribution is 5.52. The van der Waals surface area contributed by atoms with Gasteiger partial charge >= 0.3 is 0 Å². The van der Waals surface area contributed by atoms with Crippen molar-refractivity contribution in [2.75, 3.05) is 0 Å². The Bertz CT molecular complexity index is 1730. The van der Waals surface area contributed by atoms with E-state index >= 15 is 0 Å². The molecule has 0 aromatic heterocycles. The van der Waals surface area contributed by atoms with Gasteiger partial charge < -0.3 is 10.7 Å². The molecule has 2 nitrogen and oxygen atoms in total. The molecule has 15 unspecified atom stereocenters. The van der Waals surface area contributed by atoms with E-state index in [1.54, 1.807) is 17.5 Å². The van der Waals surface area contributed by atoms with Gasteiger partial charge in [-0.05, 0) is 224 Å². The number of unbranched alkanes of at least 4 members (excludes halogenated alkanes) is 2. The first-order valence-electron chi connectivity index (χ1n) is 26.0. The molecule has 0 bridgehead atoms. The molecule has 0 radical (unpaired) electrons. The zero-order valence-corrected chi connectivity index (χ0v) is 36.8. The molecule has 2 fully saturated rings. The Morgan fingerprint density at radius 3 is 2.20 bits per heavy atom. The minimum Gasteiger partial charge on any atom is -0.385 e. The molecule has 0 spiro atoms. The molecule has 2 saturated carbocycles. The molecule has 59 heavy (non-hydrogen) atoms. The summed E-state index contributed by atoms with van der Waals surface area (Å²) >= 11 is 0. The predicted octanol–water partition coefficient (Wildman–Crippen LogP) is 15.0. The van der Waals surface area contributed by atoms with Crippen molar-refractivity contribution in [2.24, 2.45) is 82.9 Å². The summed E-state index contributed by atoms with van der Waals surface area (Å²) in [5.74, 6) is 10.3. The van der Waals surface area contributed by atoms with E-state index in [-0.39, 0.29) is 0 Å². The summed E-state index contributed by atoms with van der Waals surface area (Å²) in [6, 6.07) is 0.633. The fourth-order valence-electron chi connectivity index (χ4n) is 15.8. The van der Waals surface area contributed by atoms with E-state index in [0.29, 0.717) is 47.5 Å². The number of hydrogen-bond acceptors (Lipinski definition) is 2. The summed E-state index contributed by atoms with van der Waals surface area (Å²) < 4.78 is 0. The van der Waals surface area contributed by atoms with Gasteiger partial charge in [-0.15, -0.1) is 0 Å². The molecule has 2 heteroatoms. The van der Waals surface area contributed by atoms with Crippen LogP contribution >= 0.6 is 0 Å². The second-order valence-corrected chi connectivity index (χ2v) is 21.8. The maximum Gasteiger partial charge on any atom is 0.0326 e. The Hall–Kier alpha value is -2.61. The molecule has 0 heterocycles. The van der Waals surface area contributed by atoms with Gasteiger partial charge in [-0.25, -0.2) is 0 Å². The average Bonchev–Trinajstić information content (AvgIpc) is 3.30. The van der Waals surface area contributed by atoms with Crippen molar-refractivity contribution >= 4 is 6.21 Å². The first-order chi connectivity index (χ1) is 29.2. The number of fused-ring (bicyclic) bond motifs is 4. The van der Waals surface area contributed by atoms with Crippen molar-refractivity contribution < 1.29 is 0 Å². The standard InChI is InChI=1S/C57H80N2/c58-36-11-1-2-14-43-30-32-52(49-20-8-7-18-47(43)49)53-34-35-54(51-22-10-9-21-50(51)53)55-33-31-46(38-57(55)59-56-23-12-17-42-15-5-6-19-48(42)56)41-26-24-40(25-27-41)45-29-28-39-13-3-4-16-44(39)37-45/h7,9,17-18,21,24,28,30,32,34-36,38,41,43-56,58-59H,1-6,8,10-16,19-20,22-23,25-27,29,31,33,37H2. The molecule has 0 amide bonds. The predicted molar refractivity (Wildman–Crippen MR) is 249 cm³/mol. The van der Waals surface area contributed by atoms with Crippen molar-refractivity contribution in [3.05, 3.63) is 95.3 Å². The third kappa shape index (κ3) is 8.61. The van der Waals surface area contributed by atoms with Gasteiger partial charge in [0.15, 0.2) is 0 Å². The summed E-state index contributed by atoms with van der Waals surface area (Å²) in [6.45, 7) is 0. The highest BCUT2D eigenvalue weighted by Crippen LogP contribution is 2.55. The Kier molecular flexibility index (Phi) is 12.9. The molecular formula is C57H80N2. The lowest BCUT2D eigenvalue weighted by molar-refractivity contribution is 0.0961. The molecule has 0 aromatic carbocycles. The lowest BCUT2D eigenvalue weighted by Gasteiger charge is -2.51. The van der Waals surface area contributed by atoms with Gasteiger partial charge in [-0.1, -0.05) is 109 Å². The maximum atomic E-state index is 7.50. The second kappa shape index (κ2) is 18.8. The Morgan fingerprint density at radius 2 is 1.34 bits per heavy atom. The molecular weight excluding hydrogens is 713 g/mol. The summed E-state index contributed by atoms with van der Waals surface area (Å²) in [5.41, 5.74) is 7.16. The minimum atomic E-state index is 0.633. The number of nitrogens with one attached hydrogen (secondary N) is 2. The monoisotopic (exact) mass is 793 g/mol. The smallest absolute Gasteiger partial charge is 0.0326 e. The van der Waals surface area contributed by atoms with Crippen LogP contribution in [0.4, 0.5) is 0 Å². The molecule has 2 N–H and O–H groups in total. The molecule has 318 valence electrons. The van der Waals surface area contributed by atoms with Crippen LogP contribution in [0.15, 0.2) is 95.3 Å². The molecule has 0 aliphatic heterocycles. The Labute approximate surface area is 360 Å². The zero-order chi connectivity index (χ0) is 39.5. The molecule has 10 rings (SSSR count). The summed E-state index contributed by atoms with van der Waals surface area (Å²) in [6.07, 6.45) is 67.6. The van der Waals surface area contributed by atoms with E-state index in [0.717, 1.165) is 47.8 Å². The van der Waals surface area contributed by atoms with Crippen molar-refractivity contribution in [1.82, 2.24) is 5.32 Å². The number of allylic oxidation sites excluding steroid dienone is 15. The molecule has 0 saturated heterocycles. The van der Waals surface area contributed by atoms with E-state index < -0.39 is 0 Å². The number of rotatable bonds is 11. The van der Waals surface area contributed by atoms with E-state index in [1.807, 2.05) is 11.1 Å². The first kappa shape index (κ1) is 40.5. The SMILES string of the molecule is N=CCCCCC1C=CC(C2C=CC(C3CCC(C4CC=C(C5CC=C6CCCCC6C5)CC4)C=C3NC3CCC=C4CCCCC43)C3CCC=CC23)C2CCC=CC12. The van der Waals surface area contributed by atoms with E-state index in [4.69, 9.17) is 5.41 Å². The molecule has 0 aromatic rings. The van der Waals surface area contributed by atoms with Gasteiger partial charge in [0.05, 0.1) is 0 Å². The number of hydrogen-bond donors (Lipinski definition) is 2. The fourth-order valence-corrected chi connectivity index (χ4v) is 15.8. The van der Waals surface area contributed by atoms with Crippen LogP contribution in [0.5, 0.6) is 0 Å². The van der Waals surface area contributed by atoms with Gasteiger partial charge in [0.1, 0.15) is 0 Å². The van der Waals surface area contributed by atoms with Gasteiger partial charge in [-0.2, -0.15) is 0 Å². The topological polar surface area (TPSA) is 35.9 Å². The van der Waals surface area contributed by atoms with E-state index in [2.05, 4.69) is 78.2 Å². The average molecular weight is 793 g/mol. The van der Waals surface area contributed by atoms with Gasteiger partial charge in [0, 0.05) is 17.7 Å². The van der Waals surface area contributed by atoms with Crippen LogP contribution in [0.3, 0.4) is 0 Å². The minimum absolute atomic E-state index is 0.633. The van der Waals surface area contributed by atoms with Gasteiger partial charge in [-0.3, -0.25) is 0 Å². The van der Waals surface area contributed by atoms with Crippen LogP contribution in [0.25, 0.3) is 0 Å². The lowest BCUT2D eigenvalue weighted by Crippen LogP contribution is -2.46. The summed E-state index contributed by atoms with van der Waals surface area (Å²) in [4.78, 5) is 0. The van der Waals surface area contributed by atoms with Gasteiger partial charge in [0.2, 0.25) is 0 Å². The van der Waals surface area contributed by atoms with E-state index in [9.17, 15) is 0 Å². The van der Waals surface area contributed by atoms with Crippen molar-refractivity contribution in [3.8, 4) is 0 Å². The third-order valence-corrected chi connectivity index (χ3v) is 18.8. The largest absolute Gasteiger partial charge is 0.385 e. The maximum absolute atomic E-state index is 7.50. The van der Waals surface area contributed by atoms with E-state index in [1.165, 1.54) is 154 Å². The second-order valence-electron chi connectivity index (χ2n) is 21.8. The van der Waals surface area contributed by atoms with Crippen LogP contribution in [-0.4, -0.2) is 12.3 Å². The lowest BCUT2D eigenvalue weighted by atomic mass is 9.54.